The molecule has 0 spiro atoms. The summed E-state index contributed by atoms with van der Waals surface area (Å²) in [6, 6.07) is 25.0. The standard InChI is InChI=1S/C21H17FIN/c22-19-11-17-13-24(14-18(17)12-20(19)23)21(15-7-3-1-4-8-15)16-9-5-2-6-10-16/h1-12,21H,13-14H2. The number of rotatable bonds is 3. The van der Waals surface area contributed by atoms with Crippen LogP contribution in [0.3, 0.4) is 0 Å². The molecule has 3 aromatic carbocycles. The molecular weight excluding hydrogens is 412 g/mol. The lowest BCUT2D eigenvalue weighted by Gasteiger charge is -2.28. The second-order valence-corrected chi connectivity index (χ2v) is 7.33. The van der Waals surface area contributed by atoms with E-state index in [4.69, 9.17) is 0 Å². The monoisotopic (exact) mass is 429 g/mol. The van der Waals surface area contributed by atoms with Crippen LogP contribution < -0.4 is 0 Å². The SMILES string of the molecule is Fc1cc2c(cc1I)CN(C(c1ccccc1)c1ccccc1)C2. The van der Waals surface area contributed by atoms with Crippen molar-refractivity contribution in [2.75, 3.05) is 0 Å². The Balaban J connectivity index is 1.73. The van der Waals surface area contributed by atoms with Gasteiger partial charge in [0, 0.05) is 16.7 Å². The highest BCUT2D eigenvalue weighted by atomic mass is 127. The maximum atomic E-state index is 13.9. The average molecular weight is 429 g/mol. The maximum absolute atomic E-state index is 13.9. The van der Waals surface area contributed by atoms with Gasteiger partial charge in [-0.2, -0.15) is 0 Å². The van der Waals surface area contributed by atoms with Gasteiger partial charge in [-0.3, -0.25) is 4.90 Å². The lowest BCUT2D eigenvalue weighted by atomic mass is 9.97. The van der Waals surface area contributed by atoms with Gasteiger partial charge in [0.05, 0.1) is 6.04 Å². The smallest absolute Gasteiger partial charge is 0.136 e. The number of benzene rings is 3. The van der Waals surface area contributed by atoms with Crippen LogP contribution in [0.4, 0.5) is 4.39 Å². The largest absolute Gasteiger partial charge is 0.284 e. The summed E-state index contributed by atoms with van der Waals surface area (Å²) in [6.45, 7) is 1.62. The number of hydrogen-bond donors (Lipinski definition) is 0. The highest BCUT2D eigenvalue weighted by Crippen LogP contribution is 2.36. The first-order valence-electron chi connectivity index (χ1n) is 8.03. The third kappa shape index (κ3) is 2.98. The van der Waals surface area contributed by atoms with Crippen LogP contribution in [0.1, 0.15) is 28.3 Å². The van der Waals surface area contributed by atoms with Crippen molar-refractivity contribution in [1.82, 2.24) is 4.90 Å². The van der Waals surface area contributed by atoms with E-state index in [-0.39, 0.29) is 11.9 Å². The summed E-state index contributed by atoms with van der Waals surface area (Å²) in [5.41, 5.74) is 4.88. The number of nitrogens with zero attached hydrogens (tertiary/aromatic N) is 1. The van der Waals surface area contributed by atoms with Crippen molar-refractivity contribution in [3.05, 3.63) is 104 Å². The van der Waals surface area contributed by atoms with E-state index in [1.807, 2.05) is 18.2 Å². The van der Waals surface area contributed by atoms with E-state index in [1.54, 1.807) is 6.07 Å². The van der Waals surface area contributed by atoms with E-state index in [0.29, 0.717) is 3.57 Å². The van der Waals surface area contributed by atoms with Crippen LogP contribution in [-0.2, 0) is 13.1 Å². The molecule has 0 aliphatic carbocycles. The summed E-state index contributed by atoms with van der Waals surface area (Å²) in [4.78, 5) is 2.42. The molecule has 0 unspecified atom stereocenters. The number of hydrogen-bond acceptors (Lipinski definition) is 1. The maximum Gasteiger partial charge on any atom is 0.136 e. The quantitative estimate of drug-likeness (QED) is 0.495. The van der Waals surface area contributed by atoms with Crippen LogP contribution in [0, 0.1) is 9.39 Å². The predicted octanol–water partition coefficient (Wildman–Crippen LogP) is 5.54. The van der Waals surface area contributed by atoms with Gasteiger partial charge in [0.1, 0.15) is 5.82 Å². The van der Waals surface area contributed by atoms with Crippen molar-refractivity contribution in [2.45, 2.75) is 19.1 Å². The van der Waals surface area contributed by atoms with Crippen LogP contribution in [0.2, 0.25) is 0 Å². The predicted molar refractivity (Wildman–Crippen MR) is 103 cm³/mol. The van der Waals surface area contributed by atoms with E-state index in [2.05, 4.69) is 76.0 Å². The van der Waals surface area contributed by atoms with Gasteiger partial charge >= 0.3 is 0 Å². The summed E-state index contributed by atoms with van der Waals surface area (Å²) in [5, 5.41) is 0. The molecule has 0 saturated heterocycles. The lowest BCUT2D eigenvalue weighted by molar-refractivity contribution is 0.231. The molecule has 0 saturated carbocycles. The Labute approximate surface area is 155 Å². The Kier molecular flexibility index (Phi) is 4.37. The molecule has 24 heavy (non-hydrogen) atoms. The fourth-order valence-corrected chi connectivity index (χ4v) is 4.02. The minimum atomic E-state index is -0.118. The van der Waals surface area contributed by atoms with Crippen LogP contribution in [0.15, 0.2) is 72.8 Å². The van der Waals surface area contributed by atoms with Gasteiger partial charge in [0.2, 0.25) is 0 Å². The molecular formula is C21H17FIN. The van der Waals surface area contributed by atoms with Gasteiger partial charge in [0.15, 0.2) is 0 Å². The van der Waals surface area contributed by atoms with Crippen LogP contribution >= 0.6 is 22.6 Å². The van der Waals surface area contributed by atoms with Crippen LogP contribution in [-0.4, -0.2) is 4.90 Å². The first-order chi connectivity index (χ1) is 11.7. The third-order valence-electron chi connectivity index (χ3n) is 4.59. The second kappa shape index (κ2) is 6.65. The van der Waals surface area contributed by atoms with E-state index < -0.39 is 0 Å². The molecule has 120 valence electrons. The van der Waals surface area contributed by atoms with Crippen molar-refractivity contribution < 1.29 is 4.39 Å². The summed E-state index contributed by atoms with van der Waals surface area (Å²) < 4.78 is 14.6. The molecule has 0 N–H and O–H groups in total. The second-order valence-electron chi connectivity index (χ2n) is 6.16. The normalized spacial score (nSPS) is 14.1. The highest BCUT2D eigenvalue weighted by Gasteiger charge is 2.28. The minimum Gasteiger partial charge on any atom is -0.284 e. The summed E-state index contributed by atoms with van der Waals surface area (Å²) in [5.74, 6) is -0.118. The van der Waals surface area contributed by atoms with E-state index in [9.17, 15) is 4.39 Å². The first kappa shape index (κ1) is 15.8. The Morgan fingerprint density at radius 3 is 1.83 bits per heavy atom. The summed E-state index contributed by atoms with van der Waals surface area (Å²) in [7, 11) is 0. The minimum absolute atomic E-state index is 0.118. The van der Waals surface area contributed by atoms with E-state index >= 15 is 0 Å². The van der Waals surface area contributed by atoms with Crippen molar-refractivity contribution in [2.24, 2.45) is 0 Å². The molecule has 3 heteroatoms. The molecule has 1 nitrogen and oxygen atoms in total. The Bertz CT molecular complexity index is 778. The van der Waals surface area contributed by atoms with Crippen LogP contribution in [0.5, 0.6) is 0 Å². The van der Waals surface area contributed by atoms with Gasteiger partial charge in [-0.1, -0.05) is 60.7 Å². The van der Waals surface area contributed by atoms with Crippen LogP contribution in [0.25, 0.3) is 0 Å². The highest BCUT2D eigenvalue weighted by molar-refractivity contribution is 14.1. The third-order valence-corrected chi connectivity index (χ3v) is 5.41. The van der Waals surface area contributed by atoms with Gasteiger partial charge < -0.3 is 0 Å². The molecule has 0 fully saturated rings. The number of fused-ring (bicyclic) bond motifs is 1. The van der Waals surface area contributed by atoms with Crippen molar-refractivity contribution >= 4 is 22.6 Å². The average Bonchev–Trinajstić information content (AvgIpc) is 2.99. The van der Waals surface area contributed by atoms with Crippen molar-refractivity contribution in [1.29, 1.82) is 0 Å². The molecule has 1 aliphatic heterocycles. The zero-order valence-corrected chi connectivity index (χ0v) is 15.3. The van der Waals surface area contributed by atoms with E-state index in [0.717, 1.165) is 18.7 Å². The van der Waals surface area contributed by atoms with Crippen molar-refractivity contribution in [3.8, 4) is 0 Å². The fraction of sp³-hybridized carbons (Fsp3) is 0.143. The Hall–Kier alpha value is -1.72. The molecule has 0 atom stereocenters. The zero-order valence-electron chi connectivity index (χ0n) is 13.1. The lowest BCUT2D eigenvalue weighted by Crippen LogP contribution is -2.24. The van der Waals surface area contributed by atoms with Gasteiger partial charge in [-0.25, -0.2) is 4.39 Å². The molecule has 0 bridgehead atoms. The Morgan fingerprint density at radius 1 is 0.792 bits per heavy atom. The zero-order chi connectivity index (χ0) is 16.5. The topological polar surface area (TPSA) is 3.24 Å². The van der Waals surface area contributed by atoms with Crippen molar-refractivity contribution in [3.63, 3.8) is 0 Å². The fourth-order valence-electron chi connectivity index (χ4n) is 3.48. The molecule has 0 radical (unpaired) electrons. The Morgan fingerprint density at radius 2 is 1.29 bits per heavy atom. The summed E-state index contributed by atoms with van der Waals surface area (Å²) >= 11 is 2.07. The summed E-state index contributed by atoms with van der Waals surface area (Å²) in [6.07, 6.45) is 0. The number of halogens is 2. The molecule has 4 rings (SSSR count). The molecule has 0 aromatic heterocycles. The van der Waals surface area contributed by atoms with Gasteiger partial charge in [0.25, 0.3) is 0 Å². The van der Waals surface area contributed by atoms with Gasteiger partial charge in [-0.15, -0.1) is 0 Å². The molecule has 0 amide bonds. The molecule has 1 heterocycles. The first-order valence-corrected chi connectivity index (χ1v) is 9.11. The van der Waals surface area contributed by atoms with Gasteiger partial charge in [-0.05, 0) is 57.0 Å². The molecule has 1 aliphatic rings. The van der Waals surface area contributed by atoms with E-state index in [1.165, 1.54) is 16.7 Å². The molecule has 3 aromatic rings.